The fourth-order valence-electron chi connectivity index (χ4n) is 1.85. The maximum Gasteiger partial charge on any atom is 0.153 e. The number of aryl methyl sites for hydroxylation is 1. The van der Waals surface area contributed by atoms with E-state index < -0.39 is 0 Å². The molecule has 17 heavy (non-hydrogen) atoms. The molecule has 0 amide bonds. The molecule has 2 aromatic rings. The van der Waals surface area contributed by atoms with Crippen LogP contribution in [0.15, 0.2) is 22.1 Å². The van der Waals surface area contributed by atoms with Crippen LogP contribution in [0.4, 0.5) is 0 Å². The van der Waals surface area contributed by atoms with Crippen LogP contribution < -0.4 is 5.32 Å². The summed E-state index contributed by atoms with van der Waals surface area (Å²) in [6, 6.07) is 4.49. The molecule has 4 nitrogen and oxygen atoms in total. The molecular formula is C11H15BrN4S. The Morgan fingerprint density at radius 2 is 2.41 bits per heavy atom. The van der Waals surface area contributed by atoms with Gasteiger partial charge in [0.05, 0.1) is 11.7 Å². The van der Waals surface area contributed by atoms with Gasteiger partial charge in [-0.15, -0.1) is 16.4 Å². The maximum atomic E-state index is 4.04. The van der Waals surface area contributed by atoms with Crippen LogP contribution in [0.2, 0.25) is 0 Å². The van der Waals surface area contributed by atoms with Gasteiger partial charge in [0, 0.05) is 18.3 Å². The Labute approximate surface area is 113 Å². The zero-order valence-electron chi connectivity index (χ0n) is 9.85. The van der Waals surface area contributed by atoms with Gasteiger partial charge < -0.3 is 5.32 Å². The second-order valence-electron chi connectivity index (χ2n) is 3.78. The summed E-state index contributed by atoms with van der Waals surface area (Å²) < 4.78 is 2.65. The van der Waals surface area contributed by atoms with E-state index in [1.54, 1.807) is 11.3 Å². The first-order valence-corrected chi connectivity index (χ1v) is 7.20. The third kappa shape index (κ3) is 2.94. The van der Waals surface area contributed by atoms with Gasteiger partial charge in [-0.25, -0.2) is 4.68 Å². The zero-order valence-corrected chi connectivity index (χ0v) is 12.3. The highest BCUT2D eigenvalue weighted by Crippen LogP contribution is 2.25. The minimum absolute atomic E-state index is 0.244. The van der Waals surface area contributed by atoms with Crippen molar-refractivity contribution < 1.29 is 0 Å². The van der Waals surface area contributed by atoms with Gasteiger partial charge in [-0.05, 0) is 33.9 Å². The van der Waals surface area contributed by atoms with Crippen LogP contribution in [0.25, 0.3) is 0 Å². The van der Waals surface area contributed by atoms with Crippen molar-refractivity contribution >= 4 is 27.3 Å². The molecule has 0 aromatic carbocycles. The lowest BCUT2D eigenvalue weighted by Crippen LogP contribution is -2.25. The molecule has 2 rings (SSSR count). The first-order chi connectivity index (χ1) is 8.22. The summed E-state index contributed by atoms with van der Waals surface area (Å²) in [7, 11) is 1.92. The highest BCUT2D eigenvalue weighted by molar-refractivity contribution is 9.10. The standard InChI is InChI=1S/C11H15BrN4S/c1-3-13-9(7-8-5-4-6-17-8)10-11(12)14-15-16(10)2/h4-6,9,13H,3,7H2,1-2H3. The Kier molecular flexibility index (Phi) is 4.31. The summed E-state index contributed by atoms with van der Waals surface area (Å²) in [5.74, 6) is 0. The molecule has 6 heteroatoms. The van der Waals surface area contributed by atoms with Crippen molar-refractivity contribution in [3.05, 3.63) is 32.7 Å². The van der Waals surface area contributed by atoms with Gasteiger partial charge in [-0.3, -0.25) is 0 Å². The van der Waals surface area contributed by atoms with Crippen molar-refractivity contribution in [3.63, 3.8) is 0 Å². The fraction of sp³-hybridized carbons (Fsp3) is 0.455. The summed E-state index contributed by atoms with van der Waals surface area (Å²) in [5.41, 5.74) is 1.10. The molecule has 2 heterocycles. The lowest BCUT2D eigenvalue weighted by Gasteiger charge is -2.17. The fourth-order valence-corrected chi connectivity index (χ4v) is 3.21. The van der Waals surface area contributed by atoms with Crippen LogP contribution in [0.3, 0.4) is 0 Å². The molecule has 0 fully saturated rings. The smallest absolute Gasteiger partial charge is 0.153 e. The number of halogens is 1. The molecule has 0 bridgehead atoms. The zero-order chi connectivity index (χ0) is 12.3. The minimum Gasteiger partial charge on any atom is -0.309 e. The third-order valence-corrected chi connectivity index (χ3v) is 4.06. The predicted molar refractivity (Wildman–Crippen MR) is 73.1 cm³/mol. The van der Waals surface area contributed by atoms with Crippen molar-refractivity contribution in [1.82, 2.24) is 20.3 Å². The van der Waals surface area contributed by atoms with Crippen molar-refractivity contribution in [2.45, 2.75) is 19.4 Å². The van der Waals surface area contributed by atoms with Crippen LogP contribution in [0.5, 0.6) is 0 Å². The van der Waals surface area contributed by atoms with Crippen molar-refractivity contribution in [2.24, 2.45) is 7.05 Å². The number of thiophene rings is 1. The molecule has 0 aliphatic heterocycles. The van der Waals surface area contributed by atoms with E-state index in [1.165, 1.54) is 4.88 Å². The number of nitrogens with one attached hydrogen (secondary N) is 1. The van der Waals surface area contributed by atoms with Gasteiger partial charge in [0.2, 0.25) is 0 Å². The predicted octanol–water partition coefficient (Wildman–Crippen LogP) is 2.53. The summed E-state index contributed by atoms with van der Waals surface area (Å²) in [5, 5.41) is 13.7. The van der Waals surface area contributed by atoms with Crippen molar-refractivity contribution in [1.29, 1.82) is 0 Å². The molecule has 1 N–H and O–H groups in total. The highest BCUT2D eigenvalue weighted by Gasteiger charge is 2.19. The van der Waals surface area contributed by atoms with Crippen LogP contribution in [0.1, 0.15) is 23.5 Å². The summed E-state index contributed by atoms with van der Waals surface area (Å²) in [4.78, 5) is 1.36. The van der Waals surface area contributed by atoms with E-state index >= 15 is 0 Å². The average molecular weight is 315 g/mol. The monoisotopic (exact) mass is 314 g/mol. The number of rotatable bonds is 5. The molecule has 0 saturated heterocycles. The van der Waals surface area contributed by atoms with Gasteiger partial charge in [0.15, 0.2) is 4.60 Å². The van der Waals surface area contributed by atoms with Crippen LogP contribution in [0, 0.1) is 0 Å². The largest absolute Gasteiger partial charge is 0.309 e. The molecule has 2 aromatic heterocycles. The lowest BCUT2D eigenvalue weighted by atomic mass is 10.1. The molecule has 0 aliphatic carbocycles. The average Bonchev–Trinajstić information content (AvgIpc) is 2.89. The number of aromatic nitrogens is 3. The van der Waals surface area contributed by atoms with Gasteiger partial charge in [0.1, 0.15) is 0 Å². The number of hydrogen-bond donors (Lipinski definition) is 1. The number of nitrogens with zero attached hydrogens (tertiary/aromatic N) is 3. The van der Waals surface area contributed by atoms with Gasteiger partial charge in [0.25, 0.3) is 0 Å². The Hall–Kier alpha value is -0.720. The van der Waals surface area contributed by atoms with Gasteiger partial charge in [-0.2, -0.15) is 0 Å². The van der Waals surface area contributed by atoms with E-state index in [2.05, 4.69) is 56.0 Å². The normalized spacial score (nSPS) is 12.9. The van der Waals surface area contributed by atoms with Crippen LogP contribution in [-0.4, -0.2) is 21.5 Å². The molecule has 0 saturated carbocycles. The molecule has 1 unspecified atom stereocenters. The van der Waals surface area contributed by atoms with Crippen molar-refractivity contribution in [3.8, 4) is 0 Å². The SMILES string of the molecule is CCNC(Cc1cccs1)c1c(Br)nnn1C. The Morgan fingerprint density at radius 3 is 2.94 bits per heavy atom. The van der Waals surface area contributed by atoms with Crippen molar-refractivity contribution in [2.75, 3.05) is 6.54 Å². The molecule has 1 atom stereocenters. The van der Waals surface area contributed by atoms with E-state index in [0.29, 0.717) is 0 Å². The van der Waals surface area contributed by atoms with E-state index in [1.807, 2.05) is 11.7 Å². The second kappa shape index (κ2) is 5.75. The highest BCUT2D eigenvalue weighted by atomic mass is 79.9. The number of hydrogen-bond acceptors (Lipinski definition) is 4. The van der Waals surface area contributed by atoms with E-state index in [9.17, 15) is 0 Å². The molecule has 0 aliphatic rings. The molecule has 0 radical (unpaired) electrons. The molecular weight excluding hydrogens is 300 g/mol. The lowest BCUT2D eigenvalue weighted by molar-refractivity contribution is 0.507. The topological polar surface area (TPSA) is 42.7 Å². The van der Waals surface area contributed by atoms with Gasteiger partial charge in [-0.1, -0.05) is 18.2 Å². The Balaban J connectivity index is 2.23. The first-order valence-electron chi connectivity index (χ1n) is 5.53. The summed E-state index contributed by atoms with van der Waals surface area (Å²) in [6.07, 6.45) is 0.964. The molecule has 92 valence electrons. The second-order valence-corrected chi connectivity index (χ2v) is 5.57. The quantitative estimate of drug-likeness (QED) is 0.922. The summed E-state index contributed by atoms with van der Waals surface area (Å²) in [6.45, 7) is 3.03. The van der Waals surface area contributed by atoms with Crippen LogP contribution >= 0.6 is 27.3 Å². The van der Waals surface area contributed by atoms with Crippen LogP contribution in [-0.2, 0) is 13.5 Å². The maximum absolute atomic E-state index is 4.04. The third-order valence-electron chi connectivity index (χ3n) is 2.59. The van der Waals surface area contributed by atoms with Gasteiger partial charge >= 0.3 is 0 Å². The summed E-state index contributed by atoms with van der Waals surface area (Å²) >= 11 is 5.24. The van der Waals surface area contributed by atoms with E-state index in [0.717, 1.165) is 23.3 Å². The minimum atomic E-state index is 0.244. The first kappa shape index (κ1) is 12.7. The van der Waals surface area contributed by atoms with E-state index in [4.69, 9.17) is 0 Å². The number of likely N-dealkylation sites (N-methyl/N-ethyl adjacent to an activating group) is 1. The molecule has 0 spiro atoms. The Bertz CT molecular complexity index is 446. The van der Waals surface area contributed by atoms with E-state index in [-0.39, 0.29) is 6.04 Å². The Morgan fingerprint density at radius 1 is 1.59 bits per heavy atom.